The number of nitrogens with zero attached hydrogens (tertiary/aromatic N) is 5. The summed E-state index contributed by atoms with van der Waals surface area (Å²) in [6.07, 6.45) is 0. The van der Waals surface area contributed by atoms with Gasteiger partial charge in [-0.2, -0.15) is 4.98 Å². The molecule has 0 bridgehead atoms. The van der Waals surface area contributed by atoms with Crippen LogP contribution in [0.5, 0.6) is 11.5 Å². The number of halogens is 1. The Bertz CT molecular complexity index is 1290. The molecule has 5 rings (SSSR count). The molecule has 12 heteroatoms. The van der Waals surface area contributed by atoms with Crippen molar-refractivity contribution in [2.24, 2.45) is 7.05 Å². The number of benzene rings is 2. The lowest BCUT2D eigenvalue weighted by Crippen LogP contribution is -2.14. The minimum absolute atomic E-state index is 0.116. The number of anilines is 1. The number of carbonyl (C=O) groups excluding carboxylic acids is 1. The first kappa shape index (κ1) is 20.0. The van der Waals surface area contributed by atoms with E-state index in [0.717, 1.165) is 0 Å². The van der Waals surface area contributed by atoms with Gasteiger partial charge in [-0.25, -0.2) is 4.39 Å². The van der Waals surface area contributed by atoms with Crippen LogP contribution in [0.2, 0.25) is 0 Å². The molecule has 1 aliphatic heterocycles. The van der Waals surface area contributed by atoms with Gasteiger partial charge < -0.3 is 23.9 Å². The van der Waals surface area contributed by atoms with Crippen LogP contribution in [-0.4, -0.2) is 43.4 Å². The van der Waals surface area contributed by atoms with Gasteiger partial charge in [-0.1, -0.05) is 16.9 Å². The molecule has 0 unspecified atom stereocenters. The third-order valence-corrected chi connectivity index (χ3v) is 5.56. The van der Waals surface area contributed by atoms with Gasteiger partial charge in [-0.05, 0) is 36.4 Å². The number of rotatable bonds is 6. The fourth-order valence-corrected chi connectivity index (χ4v) is 3.67. The number of fused-ring (bicyclic) bond motifs is 1. The molecule has 3 heterocycles. The van der Waals surface area contributed by atoms with Crippen molar-refractivity contribution in [1.29, 1.82) is 0 Å². The minimum Gasteiger partial charge on any atom is -0.454 e. The molecule has 162 valence electrons. The zero-order valence-electron chi connectivity index (χ0n) is 16.6. The summed E-state index contributed by atoms with van der Waals surface area (Å²) in [6, 6.07) is 10.9. The lowest BCUT2D eigenvalue weighted by atomic mass is 10.2. The topological polar surface area (TPSA) is 117 Å². The van der Waals surface area contributed by atoms with Gasteiger partial charge >= 0.3 is 0 Å². The summed E-state index contributed by atoms with van der Waals surface area (Å²) in [5, 5.41) is 15.4. The summed E-state index contributed by atoms with van der Waals surface area (Å²) in [7, 11) is 1.73. The highest BCUT2D eigenvalue weighted by atomic mass is 32.2. The van der Waals surface area contributed by atoms with Crippen molar-refractivity contribution in [3.8, 4) is 34.6 Å². The first-order valence-electron chi connectivity index (χ1n) is 9.38. The van der Waals surface area contributed by atoms with Crippen molar-refractivity contribution in [2.75, 3.05) is 17.9 Å². The molecule has 1 N–H and O–H groups in total. The molecule has 1 amide bonds. The van der Waals surface area contributed by atoms with Crippen LogP contribution in [0, 0.1) is 5.82 Å². The maximum atomic E-state index is 13.1. The molecule has 2 aromatic carbocycles. The molecule has 10 nitrogen and oxygen atoms in total. The molecule has 0 spiro atoms. The van der Waals surface area contributed by atoms with Crippen LogP contribution in [0.1, 0.15) is 0 Å². The zero-order chi connectivity index (χ0) is 22.1. The zero-order valence-corrected chi connectivity index (χ0v) is 17.4. The van der Waals surface area contributed by atoms with Crippen LogP contribution in [-0.2, 0) is 11.8 Å². The van der Waals surface area contributed by atoms with E-state index in [-0.39, 0.29) is 30.2 Å². The highest BCUT2D eigenvalue weighted by Gasteiger charge is 2.19. The molecular formula is C20H15FN6O4S. The van der Waals surface area contributed by atoms with E-state index in [9.17, 15) is 9.18 Å². The number of ether oxygens (including phenoxy) is 2. The maximum Gasteiger partial charge on any atom is 0.296 e. The van der Waals surface area contributed by atoms with E-state index < -0.39 is 0 Å². The van der Waals surface area contributed by atoms with Crippen molar-refractivity contribution >= 4 is 23.4 Å². The highest BCUT2D eigenvalue weighted by molar-refractivity contribution is 7.99. The number of carbonyl (C=O) groups is 1. The largest absolute Gasteiger partial charge is 0.454 e. The Labute approximate surface area is 184 Å². The number of aromatic nitrogens is 5. The first-order valence-corrected chi connectivity index (χ1v) is 10.4. The van der Waals surface area contributed by atoms with Gasteiger partial charge in [0.1, 0.15) is 5.82 Å². The average Bonchev–Trinajstić information content (AvgIpc) is 3.52. The minimum atomic E-state index is -0.352. The standard InChI is InChI=1S/C20H15FN6O4S/c1-27-18(19-23-17(26-31-19)11-2-4-12(21)5-3-11)24-25-20(27)32-9-16(28)22-13-6-7-14-15(8-13)30-10-29-14/h2-8H,9-10H2,1H3,(H,22,28). The Morgan fingerprint density at radius 3 is 2.81 bits per heavy atom. The van der Waals surface area contributed by atoms with Crippen LogP contribution in [0.4, 0.5) is 10.1 Å². The van der Waals surface area contributed by atoms with Gasteiger partial charge in [0.25, 0.3) is 5.89 Å². The number of hydrogen-bond acceptors (Lipinski definition) is 9. The summed E-state index contributed by atoms with van der Waals surface area (Å²) in [6.45, 7) is 0.169. The van der Waals surface area contributed by atoms with Gasteiger partial charge in [0.05, 0.1) is 5.75 Å². The molecule has 0 atom stereocenters. The predicted octanol–water partition coefficient (Wildman–Crippen LogP) is 3.13. The lowest BCUT2D eigenvalue weighted by molar-refractivity contribution is -0.113. The molecule has 1 aliphatic rings. The van der Waals surface area contributed by atoms with Crippen LogP contribution < -0.4 is 14.8 Å². The Balaban J connectivity index is 1.23. The van der Waals surface area contributed by atoms with Crippen LogP contribution in [0.15, 0.2) is 52.1 Å². The van der Waals surface area contributed by atoms with E-state index >= 15 is 0 Å². The Morgan fingerprint density at radius 1 is 1.16 bits per heavy atom. The lowest BCUT2D eigenvalue weighted by Gasteiger charge is -2.06. The molecule has 4 aromatic rings. The average molecular weight is 454 g/mol. The van der Waals surface area contributed by atoms with Gasteiger partial charge in [0.2, 0.25) is 24.3 Å². The maximum absolute atomic E-state index is 13.1. The monoisotopic (exact) mass is 454 g/mol. The van der Waals surface area contributed by atoms with Gasteiger partial charge in [-0.15, -0.1) is 10.2 Å². The van der Waals surface area contributed by atoms with Gasteiger partial charge in [-0.3, -0.25) is 4.79 Å². The van der Waals surface area contributed by atoms with Crippen LogP contribution in [0.3, 0.4) is 0 Å². The molecular weight excluding hydrogens is 439 g/mol. The van der Waals surface area contributed by atoms with Crippen LogP contribution >= 0.6 is 11.8 Å². The predicted molar refractivity (Wildman–Crippen MR) is 112 cm³/mol. The fraction of sp³-hybridized carbons (Fsp3) is 0.150. The summed E-state index contributed by atoms with van der Waals surface area (Å²) >= 11 is 1.21. The SMILES string of the molecule is Cn1c(SCC(=O)Nc2ccc3c(c2)OCO3)nnc1-c1nc(-c2ccc(F)cc2)no1. The van der Waals surface area contributed by atoms with Gasteiger partial charge in [0, 0.05) is 24.4 Å². The summed E-state index contributed by atoms with van der Waals surface area (Å²) in [4.78, 5) is 16.6. The molecule has 0 radical (unpaired) electrons. The third kappa shape index (κ3) is 3.99. The fourth-order valence-electron chi connectivity index (χ4n) is 2.96. The van der Waals surface area contributed by atoms with Crippen LogP contribution in [0.25, 0.3) is 23.1 Å². The summed E-state index contributed by atoms with van der Waals surface area (Å²) in [5.41, 5.74) is 1.22. The Morgan fingerprint density at radius 2 is 1.97 bits per heavy atom. The number of amides is 1. The van der Waals surface area contributed by atoms with E-state index in [4.69, 9.17) is 14.0 Å². The van der Waals surface area contributed by atoms with Crippen molar-refractivity contribution in [2.45, 2.75) is 5.16 Å². The van der Waals surface area contributed by atoms with E-state index in [0.29, 0.717) is 39.6 Å². The van der Waals surface area contributed by atoms with E-state index in [1.807, 2.05) is 0 Å². The second kappa shape index (κ2) is 8.30. The molecule has 32 heavy (non-hydrogen) atoms. The highest BCUT2D eigenvalue weighted by Crippen LogP contribution is 2.34. The smallest absolute Gasteiger partial charge is 0.296 e. The second-order valence-electron chi connectivity index (χ2n) is 6.70. The molecule has 0 fully saturated rings. The van der Waals surface area contributed by atoms with Gasteiger partial charge in [0.15, 0.2) is 16.7 Å². The van der Waals surface area contributed by atoms with E-state index in [1.54, 1.807) is 41.9 Å². The van der Waals surface area contributed by atoms with Crippen molar-refractivity contribution in [1.82, 2.24) is 24.9 Å². The third-order valence-electron chi connectivity index (χ3n) is 4.54. The van der Waals surface area contributed by atoms with Crippen molar-refractivity contribution in [3.63, 3.8) is 0 Å². The Kier molecular flexibility index (Phi) is 5.19. The van der Waals surface area contributed by atoms with Crippen molar-refractivity contribution < 1.29 is 23.2 Å². The quantitative estimate of drug-likeness (QED) is 0.439. The molecule has 0 saturated heterocycles. The summed E-state index contributed by atoms with van der Waals surface area (Å²) < 4.78 is 30.6. The number of hydrogen-bond donors (Lipinski definition) is 1. The second-order valence-corrected chi connectivity index (χ2v) is 7.64. The normalized spacial score (nSPS) is 12.2. The number of nitrogens with one attached hydrogen (secondary N) is 1. The summed E-state index contributed by atoms with van der Waals surface area (Å²) in [5.74, 6) is 1.61. The molecule has 2 aromatic heterocycles. The number of thioether (sulfide) groups is 1. The van der Waals surface area contributed by atoms with E-state index in [1.165, 1.54) is 23.9 Å². The van der Waals surface area contributed by atoms with Crippen molar-refractivity contribution in [3.05, 3.63) is 48.3 Å². The molecule has 0 saturated carbocycles. The Hall–Kier alpha value is -3.93. The van der Waals surface area contributed by atoms with E-state index in [2.05, 4.69) is 25.7 Å². The first-order chi connectivity index (χ1) is 15.6. The molecule has 0 aliphatic carbocycles.